The molecule has 0 atom stereocenters. The smallest absolute Gasteiger partial charge is 0.440 e. The number of fused-ring (bicyclic) bond motifs is 1. The van der Waals surface area contributed by atoms with Crippen molar-refractivity contribution in [3.63, 3.8) is 0 Å². The van der Waals surface area contributed by atoms with Crippen LogP contribution in [0.4, 0.5) is 0 Å². The quantitative estimate of drug-likeness (QED) is 0.798. The second kappa shape index (κ2) is 4.36. The molecule has 2 aromatic rings. The zero-order valence-corrected chi connectivity index (χ0v) is 13.9. The number of oxazole rings is 1. The molecule has 0 unspecified atom stereocenters. The van der Waals surface area contributed by atoms with Gasteiger partial charge < -0.3 is 13.7 Å². The van der Waals surface area contributed by atoms with Crippen LogP contribution in [0.15, 0.2) is 16.5 Å². The van der Waals surface area contributed by atoms with Crippen LogP contribution in [0.2, 0.25) is 0 Å². The molecule has 2 fully saturated rings. The first-order chi connectivity index (χ1) is 10.3. The summed E-state index contributed by atoms with van der Waals surface area (Å²) >= 11 is 0. The molecule has 1 aliphatic heterocycles. The Morgan fingerprint density at radius 3 is 2.32 bits per heavy atom. The molecule has 5 heteroatoms. The molecule has 0 spiro atoms. The largest absolute Gasteiger partial charge is 0.495 e. The number of hydrogen-bond acceptors (Lipinski definition) is 4. The molecule has 1 aromatic heterocycles. The van der Waals surface area contributed by atoms with Gasteiger partial charge in [0, 0.05) is 5.92 Å². The molecule has 0 bridgehead atoms. The van der Waals surface area contributed by atoms with Crippen molar-refractivity contribution in [3.8, 4) is 0 Å². The molecule has 2 heterocycles. The van der Waals surface area contributed by atoms with Crippen LogP contribution in [0, 0.1) is 6.92 Å². The van der Waals surface area contributed by atoms with E-state index in [0.29, 0.717) is 5.92 Å². The van der Waals surface area contributed by atoms with Crippen LogP contribution >= 0.6 is 0 Å². The van der Waals surface area contributed by atoms with Crippen molar-refractivity contribution in [1.29, 1.82) is 0 Å². The zero-order chi connectivity index (χ0) is 15.7. The standard InChI is InChI=1S/C17H22BNO3/c1-10-8-14-13(19-15(20-14)11-6-7-11)9-12(10)18-21-16(2,3)17(4,5)22-18/h8-9,11H,6-7H2,1-5H3. The minimum atomic E-state index is -0.351. The first kappa shape index (κ1) is 14.3. The highest BCUT2D eigenvalue weighted by Gasteiger charge is 2.52. The van der Waals surface area contributed by atoms with Crippen molar-refractivity contribution >= 4 is 23.7 Å². The number of nitrogens with zero attached hydrogens (tertiary/aromatic N) is 1. The van der Waals surface area contributed by atoms with Crippen molar-refractivity contribution in [3.05, 3.63) is 23.6 Å². The van der Waals surface area contributed by atoms with Crippen LogP contribution in [-0.2, 0) is 9.31 Å². The van der Waals surface area contributed by atoms with Gasteiger partial charge in [0.2, 0.25) is 0 Å². The highest BCUT2D eigenvalue weighted by atomic mass is 16.7. The lowest BCUT2D eigenvalue weighted by molar-refractivity contribution is 0.00578. The summed E-state index contributed by atoms with van der Waals surface area (Å²) in [6, 6.07) is 4.11. The first-order valence-corrected chi connectivity index (χ1v) is 8.03. The summed E-state index contributed by atoms with van der Waals surface area (Å²) in [4.78, 5) is 4.64. The predicted molar refractivity (Wildman–Crippen MR) is 86.4 cm³/mol. The summed E-state index contributed by atoms with van der Waals surface area (Å²) < 4.78 is 18.2. The lowest BCUT2D eigenvalue weighted by atomic mass is 9.76. The Morgan fingerprint density at radius 1 is 1.09 bits per heavy atom. The minimum absolute atomic E-state index is 0.331. The molecular weight excluding hydrogens is 277 g/mol. The van der Waals surface area contributed by atoms with Gasteiger partial charge in [-0.15, -0.1) is 0 Å². The van der Waals surface area contributed by atoms with Gasteiger partial charge in [0.05, 0.1) is 11.2 Å². The van der Waals surface area contributed by atoms with E-state index in [1.165, 1.54) is 12.8 Å². The average Bonchev–Trinajstić information content (AvgIpc) is 3.12. The van der Waals surface area contributed by atoms with E-state index in [0.717, 1.165) is 28.0 Å². The molecule has 0 N–H and O–H groups in total. The van der Waals surface area contributed by atoms with Crippen molar-refractivity contribution in [2.45, 2.75) is 64.6 Å². The van der Waals surface area contributed by atoms with Gasteiger partial charge in [-0.1, -0.05) is 0 Å². The maximum atomic E-state index is 6.17. The third-order valence-electron chi connectivity index (χ3n) is 5.23. The van der Waals surface area contributed by atoms with E-state index in [9.17, 15) is 0 Å². The minimum Gasteiger partial charge on any atom is -0.440 e. The third kappa shape index (κ3) is 2.10. The van der Waals surface area contributed by atoms with Gasteiger partial charge >= 0.3 is 7.12 Å². The lowest BCUT2D eigenvalue weighted by Crippen LogP contribution is -2.41. The van der Waals surface area contributed by atoms with E-state index in [2.05, 4.69) is 51.7 Å². The molecule has 0 radical (unpaired) electrons. The van der Waals surface area contributed by atoms with E-state index < -0.39 is 0 Å². The summed E-state index contributed by atoms with van der Waals surface area (Å²) in [5.41, 5.74) is 3.26. The number of hydrogen-bond donors (Lipinski definition) is 0. The van der Waals surface area contributed by atoms with Crippen LogP contribution in [0.3, 0.4) is 0 Å². The molecule has 4 nitrogen and oxygen atoms in total. The molecule has 116 valence electrons. The van der Waals surface area contributed by atoms with Gasteiger partial charge in [0.15, 0.2) is 11.5 Å². The lowest BCUT2D eigenvalue weighted by Gasteiger charge is -2.32. The van der Waals surface area contributed by atoms with E-state index in [1.807, 2.05) is 0 Å². The number of aryl methyl sites for hydroxylation is 1. The summed E-state index contributed by atoms with van der Waals surface area (Å²) in [5, 5.41) is 0. The molecule has 1 aromatic carbocycles. The van der Waals surface area contributed by atoms with Gasteiger partial charge in [0.25, 0.3) is 0 Å². The summed E-state index contributed by atoms with van der Waals surface area (Å²) in [6.07, 6.45) is 2.38. The summed E-state index contributed by atoms with van der Waals surface area (Å²) in [5.74, 6) is 1.40. The number of benzene rings is 1. The van der Waals surface area contributed by atoms with Crippen LogP contribution in [0.25, 0.3) is 11.1 Å². The van der Waals surface area contributed by atoms with Gasteiger partial charge in [-0.25, -0.2) is 4.98 Å². The Kier molecular flexibility index (Phi) is 2.83. The van der Waals surface area contributed by atoms with Gasteiger partial charge in [0.1, 0.15) is 5.52 Å². The van der Waals surface area contributed by atoms with Crippen LogP contribution in [0.5, 0.6) is 0 Å². The maximum Gasteiger partial charge on any atom is 0.495 e. The molecule has 1 saturated heterocycles. The Balaban J connectivity index is 1.74. The highest BCUT2D eigenvalue weighted by Crippen LogP contribution is 2.41. The molecule has 0 amide bonds. The van der Waals surface area contributed by atoms with Crippen LogP contribution in [-0.4, -0.2) is 23.3 Å². The topological polar surface area (TPSA) is 44.5 Å². The van der Waals surface area contributed by atoms with Crippen LogP contribution in [0.1, 0.15) is 57.9 Å². The van der Waals surface area contributed by atoms with Gasteiger partial charge in [-0.2, -0.15) is 0 Å². The highest BCUT2D eigenvalue weighted by molar-refractivity contribution is 6.62. The van der Waals surface area contributed by atoms with E-state index in [1.54, 1.807) is 0 Å². The number of rotatable bonds is 2. The van der Waals surface area contributed by atoms with E-state index >= 15 is 0 Å². The monoisotopic (exact) mass is 299 g/mol. The second-order valence-corrected chi connectivity index (χ2v) is 7.59. The van der Waals surface area contributed by atoms with Gasteiger partial charge in [-0.3, -0.25) is 0 Å². The Labute approximate surface area is 131 Å². The van der Waals surface area contributed by atoms with Crippen molar-refractivity contribution in [1.82, 2.24) is 4.98 Å². The third-order valence-corrected chi connectivity index (χ3v) is 5.23. The van der Waals surface area contributed by atoms with E-state index in [4.69, 9.17) is 13.7 Å². The fraction of sp³-hybridized carbons (Fsp3) is 0.588. The first-order valence-electron chi connectivity index (χ1n) is 8.03. The fourth-order valence-electron chi connectivity index (χ4n) is 2.84. The maximum absolute atomic E-state index is 6.17. The predicted octanol–water partition coefficient (Wildman–Crippen LogP) is 3.31. The SMILES string of the molecule is Cc1cc2oc(C3CC3)nc2cc1B1OC(C)(C)C(C)(C)O1. The molecule has 1 aliphatic carbocycles. The second-order valence-electron chi connectivity index (χ2n) is 7.59. The van der Waals surface area contributed by atoms with Crippen LogP contribution < -0.4 is 5.46 Å². The van der Waals surface area contributed by atoms with E-state index in [-0.39, 0.29) is 18.3 Å². The Bertz CT molecular complexity index is 730. The molecule has 1 saturated carbocycles. The Morgan fingerprint density at radius 2 is 1.73 bits per heavy atom. The van der Waals surface area contributed by atoms with Crippen molar-refractivity contribution in [2.24, 2.45) is 0 Å². The van der Waals surface area contributed by atoms with Gasteiger partial charge in [-0.05, 0) is 70.6 Å². The zero-order valence-electron chi connectivity index (χ0n) is 13.9. The Hall–Kier alpha value is -1.33. The summed E-state index contributed by atoms with van der Waals surface area (Å²) in [6.45, 7) is 10.4. The molecular formula is C17H22BNO3. The normalized spacial score (nSPS) is 23.4. The van der Waals surface area contributed by atoms with Crippen molar-refractivity contribution < 1.29 is 13.7 Å². The molecule has 2 aliphatic rings. The summed E-state index contributed by atoms with van der Waals surface area (Å²) in [7, 11) is -0.351. The fourth-order valence-corrected chi connectivity index (χ4v) is 2.84. The molecule has 4 rings (SSSR count). The van der Waals surface area contributed by atoms with Crippen molar-refractivity contribution in [2.75, 3.05) is 0 Å². The average molecular weight is 299 g/mol. The molecule has 22 heavy (non-hydrogen) atoms. The number of aromatic nitrogens is 1.